The Balaban J connectivity index is 2.51. The van der Waals surface area contributed by atoms with Crippen molar-refractivity contribution >= 4 is 17.6 Å². The highest BCUT2D eigenvalue weighted by molar-refractivity contribution is 5.88. The van der Waals surface area contributed by atoms with Crippen molar-refractivity contribution < 1.29 is 19.8 Å². The van der Waals surface area contributed by atoms with Crippen LogP contribution in [0.5, 0.6) is 0 Å². The van der Waals surface area contributed by atoms with Crippen LogP contribution in [0.3, 0.4) is 0 Å². The Hall–Kier alpha value is -1.92. The highest BCUT2D eigenvalue weighted by Gasteiger charge is 2.12. The lowest BCUT2D eigenvalue weighted by molar-refractivity contribution is -0.137. The second-order valence-corrected chi connectivity index (χ2v) is 5.59. The van der Waals surface area contributed by atoms with Crippen molar-refractivity contribution in [3.8, 4) is 0 Å². The van der Waals surface area contributed by atoms with Crippen molar-refractivity contribution in [1.82, 2.24) is 4.90 Å². The van der Waals surface area contributed by atoms with Crippen molar-refractivity contribution in [3.63, 3.8) is 0 Å². The van der Waals surface area contributed by atoms with Crippen LogP contribution in [0.15, 0.2) is 24.3 Å². The number of nitrogens with one attached hydrogen (secondary N) is 1. The maximum absolute atomic E-state index is 11.0. The molecule has 1 atom stereocenters. The molecular formula is C17H26N2O4. The van der Waals surface area contributed by atoms with E-state index in [-0.39, 0.29) is 12.3 Å². The molecule has 0 radical (unpaired) electrons. The number of aliphatic carboxylic acids is 1. The second-order valence-electron chi connectivity index (χ2n) is 5.59. The molecule has 0 spiro atoms. The zero-order valence-corrected chi connectivity index (χ0v) is 13.8. The first-order valence-electron chi connectivity index (χ1n) is 7.92. The number of aliphatic hydroxyl groups excluding tert-OH is 1. The van der Waals surface area contributed by atoms with Crippen LogP contribution in [0, 0.1) is 0 Å². The van der Waals surface area contributed by atoms with Crippen LogP contribution in [0.1, 0.15) is 44.8 Å². The van der Waals surface area contributed by atoms with Gasteiger partial charge < -0.3 is 20.4 Å². The molecule has 1 amide bonds. The number of carbonyl (C=O) groups excluding carboxylic acids is 1. The van der Waals surface area contributed by atoms with Gasteiger partial charge in [-0.3, -0.25) is 9.59 Å². The van der Waals surface area contributed by atoms with Crippen LogP contribution < -0.4 is 5.32 Å². The van der Waals surface area contributed by atoms with E-state index in [1.165, 1.54) is 6.92 Å². The Bertz CT molecular complexity index is 502. The number of rotatable bonds is 10. The minimum absolute atomic E-state index is 0.113. The normalized spacial score (nSPS) is 12.2. The molecule has 0 saturated heterocycles. The van der Waals surface area contributed by atoms with Gasteiger partial charge in [-0.2, -0.15) is 0 Å². The Morgan fingerprint density at radius 1 is 1.17 bits per heavy atom. The summed E-state index contributed by atoms with van der Waals surface area (Å²) in [6.45, 7) is 5.46. The van der Waals surface area contributed by atoms with Crippen LogP contribution >= 0.6 is 0 Å². The van der Waals surface area contributed by atoms with Gasteiger partial charge in [-0.15, -0.1) is 0 Å². The number of carboxylic acids is 1. The predicted molar refractivity (Wildman–Crippen MR) is 89.3 cm³/mol. The molecule has 0 aliphatic rings. The maximum Gasteiger partial charge on any atom is 0.304 e. The lowest BCUT2D eigenvalue weighted by Gasteiger charge is -2.22. The fourth-order valence-corrected chi connectivity index (χ4v) is 2.37. The summed E-state index contributed by atoms with van der Waals surface area (Å²) in [4.78, 5) is 23.7. The number of aliphatic hydroxyl groups is 1. The molecule has 128 valence electrons. The number of benzene rings is 1. The number of amides is 1. The quantitative estimate of drug-likeness (QED) is 0.615. The molecule has 1 aromatic rings. The minimum atomic E-state index is -0.805. The van der Waals surface area contributed by atoms with E-state index < -0.39 is 12.1 Å². The van der Waals surface area contributed by atoms with Gasteiger partial charge in [0, 0.05) is 25.7 Å². The third-order valence-corrected chi connectivity index (χ3v) is 3.52. The van der Waals surface area contributed by atoms with Crippen molar-refractivity contribution in [2.45, 2.75) is 39.2 Å². The van der Waals surface area contributed by atoms with E-state index in [9.17, 15) is 14.7 Å². The molecule has 0 aromatic heterocycles. The fraction of sp³-hybridized carbons (Fsp3) is 0.529. The minimum Gasteiger partial charge on any atom is -0.481 e. The van der Waals surface area contributed by atoms with Crippen LogP contribution in [0.25, 0.3) is 0 Å². The third-order valence-electron chi connectivity index (χ3n) is 3.52. The number of carboxylic acid groups (broad SMARTS) is 1. The van der Waals surface area contributed by atoms with Gasteiger partial charge >= 0.3 is 5.97 Å². The lowest BCUT2D eigenvalue weighted by Crippen LogP contribution is -2.29. The highest BCUT2D eigenvalue weighted by Crippen LogP contribution is 2.19. The number of carbonyl (C=O) groups is 2. The van der Waals surface area contributed by atoms with E-state index in [1.54, 1.807) is 24.3 Å². The number of anilines is 1. The molecule has 3 N–H and O–H groups in total. The van der Waals surface area contributed by atoms with Crippen molar-refractivity contribution in [2.75, 3.05) is 25.0 Å². The first-order valence-corrected chi connectivity index (χ1v) is 7.92. The van der Waals surface area contributed by atoms with Crippen molar-refractivity contribution in [3.05, 3.63) is 29.8 Å². The summed E-state index contributed by atoms with van der Waals surface area (Å²) >= 11 is 0. The molecular weight excluding hydrogens is 296 g/mol. The van der Waals surface area contributed by atoms with E-state index in [0.29, 0.717) is 25.2 Å². The van der Waals surface area contributed by atoms with Gasteiger partial charge in [0.1, 0.15) is 0 Å². The molecule has 23 heavy (non-hydrogen) atoms. The summed E-state index contributed by atoms with van der Waals surface area (Å²) in [5.41, 5.74) is 1.48. The Morgan fingerprint density at radius 3 is 2.35 bits per heavy atom. The predicted octanol–water partition coefficient (Wildman–Crippen LogP) is 2.26. The van der Waals surface area contributed by atoms with E-state index >= 15 is 0 Å². The van der Waals surface area contributed by atoms with E-state index in [1.807, 2.05) is 6.92 Å². The molecule has 0 aliphatic heterocycles. The summed E-state index contributed by atoms with van der Waals surface area (Å²) in [7, 11) is 0. The monoisotopic (exact) mass is 322 g/mol. The maximum atomic E-state index is 11.0. The summed E-state index contributed by atoms with van der Waals surface area (Å²) in [5, 5.41) is 21.7. The van der Waals surface area contributed by atoms with Crippen LogP contribution in [-0.4, -0.2) is 46.6 Å². The lowest BCUT2D eigenvalue weighted by atomic mass is 10.1. The average molecular weight is 322 g/mol. The van der Waals surface area contributed by atoms with Gasteiger partial charge in [0.25, 0.3) is 0 Å². The molecule has 0 aliphatic carbocycles. The first-order chi connectivity index (χ1) is 10.9. The largest absolute Gasteiger partial charge is 0.481 e. The van der Waals surface area contributed by atoms with Crippen molar-refractivity contribution in [2.24, 2.45) is 0 Å². The van der Waals surface area contributed by atoms with Crippen LogP contribution in [0.2, 0.25) is 0 Å². The summed E-state index contributed by atoms with van der Waals surface area (Å²) in [5.74, 6) is -0.938. The summed E-state index contributed by atoms with van der Waals surface area (Å²) < 4.78 is 0. The van der Waals surface area contributed by atoms with Gasteiger partial charge in [-0.1, -0.05) is 19.1 Å². The Morgan fingerprint density at radius 2 is 1.83 bits per heavy atom. The van der Waals surface area contributed by atoms with Gasteiger partial charge in [-0.25, -0.2) is 0 Å². The zero-order valence-electron chi connectivity index (χ0n) is 13.8. The Kier molecular flexibility index (Phi) is 8.29. The van der Waals surface area contributed by atoms with Gasteiger partial charge in [0.15, 0.2) is 0 Å². The fourth-order valence-electron chi connectivity index (χ4n) is 2.37. The molecule has 1 aromatic carbocycles. The SMILES string of the molecule is CCCN(CCC(=O)O)CCC(O)c1ccc(NC(C)=O)cc1. The van der Waals surface area contributed by atoms with E-state index in [4.69, 9.17) is 5.11 Å². The number of hydrogen-bond donors (Lipinski definition) is 3. The molecule has 6 heteroatoms. The van der Waals surface area contributed by atoms with Crippen molar-refractivity contribution in [1.29, 1.82) is 0 Å². The molecule has 0 fully saturated rings. The molecule has 0 heterocycles. The van der Waals surface area contributed by atoms with Gasteiger partial charge in [-0.05, 0) is 37.1 Å². The second kappa shape index (κ2) is 9.97. The molecule has 6 nitrogen and oxygen atoms in total. The molecule has 1 unspecified atom stereocenters. The topological polar surface area (TPSA) is 89.9 Å². The van der Waals surface area contributed by atoms with Crippen LogP contribution in [-0.2, 0) is 9.59 Å². The molecule has 0 saturated carbocycles. The first kappa shape index (κ1) is 19.1. The van der Waals surface area contributed by atoms with Crippen LogP contribution in [0.4, 0.5) is 5.69 Å². The third kappa shape index (κ3) is 7.76. The van der Waals surface area contributed by atoms with Gasteiger partial charge in [0.2, 0.25) is 5.91 Å². The Labute approximate surface area is 137 Å². The smallest absolute Gasteiger partial charge is 0.304 e. The number of nitrogens with zero attached hydrogens (tertiary/aromatic N) is 1. The molecule has 0 bridgehead atoms. The average Bonchev–Trinajstić information content (AvgIpc) is 2.49. The standard InChI is InChI=1S/C17H26N2O4/c1-3-10-19(12-9-17(22)23)11-8-16(21)14-4-6-15(7-5-14)18-13(2)20/h4-7,16,21H,3,8-12H2,1-2H3,(H,18,20)(H,22,23). The van der Waals surface area contributed by atoms with Gasteiger partial charge in [0.05, 0.1) is 12.5 Å². The van der Waals surface area contributed by atoms with E-state index in [0.717, 1.165) is 18.5 Å². The highest BCUT2D eigenvalue weighted by atomic mass is 16.4. The molecule has 1 rings (SSSR count). The number of hydrogen-bond acceptors (Lipinski definition) is 4. The summed E-state index contributed by atoms with van der Waals surface area (Å²) in [6.07, 6.45) is 0.993. The summed E-state index contributed by atoms with van der Waals surface area (Å²) in [6, 6.07) is 7.09. The van der Waals surface area contributed by atoms with E-state index in [2.05, 4.69) is 10.2 Å². The zero-order chi connectivity index (χ0) is 17.2.